The van der Waals surface area contributed by atoms with Crippen molar-refractivity contribution in [2.45, 2.75) is 31.8 Å². The molecule has 0 spiro atoms. The molecule has 34 heavy (non-hydrogen) atoms. The Hall–Kier alpha value is -3.32. The molecule has 7 heteroatoms. The number of amides is 3. The summed E-state index contributed by atoms with van der Waals surface area (Å²) in [4.78, 5) is 30.0. The first-order valence-electron chi connectivity index (χ1n) is 11.7. The lowest BCUT2D eigenvalue weighted by Crippen LogP contribution is -2.53. The highest BCUT2D eigenvalue weighted by Crippen LogP contribution is 2.36. The van der Waals surface area contributed by atoms with Crippen molar-refractivity contribution in [2.75, 3.05) is 33.9 Å². The summed E-state index contributed by atoms with van der Waals surface area (Å²) in [6.45, 7) is 4.67. The van der Waals surface area contributed by atoms with Gasteiger partial charge in [-0.25, -0.2) is 4.79 Å². The van der Waals surface area contributed by atoms with Crippen molar-refractivity contribution in [3.63, 3.8) is 0 Å². The van der Waals surface area contributed by atoms with Crippen molar-refractivity contribution >= 4 is 18.0 Å². The van der Waals surface area contributed by atoms with Crippen LogP contribution < -0.4 is 14.8 Å². The maximum atomic E-state index is 13.5. The number of hydrogen-bond acceptors (Lipinski definition) is 5. The standard InChI is InChI=1S/C27H33N3O4/c1-27(22-14-17-29(18-15-22)16-8-11-20-9-5-4-6-10-20)25(31)30(26(32)28-27)19-21-12-7-13-23(33-2)24(21)34-3/h4-13,22H,14-19H2,1-3H3,(H,28,32). The van der Waals surface area contributed by atoms with Gasteiger partial charge in [-0.15, -0.1) is 0 Å². The minimum absolute atomic E-state index is 0.0931. The SMILES string of the molecule is COc1cccc(CN2C(=O)NC(C)(C3CCN(CC=Cc4ccccc4)CC3)C2=O)c1OC. The highest BCUT2D eigenvalue weighted by Gasteiger charge is 2.52. The molecule has 2 fully saturated rings. The fraction of sp³-hybridized carbons (Fsp3) is 0.407. The quantitative estimate of drug-likeness (QED) is 0.601. The summed E-state index contributed by atoms with van der Waals surface area (Å²) < 4.78 is 10.8. The number of rotatable bonds is 8. The van der Waals surface area contributed by atoms with Crippen LogP contribution in [0.2, 0.25) is 0 Å². The zero-order chi connectivity index (χ0) is 24.1. The minimum Gasteiger partial charge on any atom is -0.493 e. The second-order valence-corrected chi connectivity index (χ2v) is 9.06. The highest BCUT2D eigenvalue weighted by molar-refractivity contribution is 6.07. The van der Waals surface area contributed by atoms with Gasteiger partial charge in [0.25, 0.3) is 5.91 Å². The molecule has 7 nitrogen and oxygen atoms in total. The number of benzene rings is 2. The Labute approximate surface area is 201 Å². The van der Waals surface area contributed by atoms with E-state index in [1.165, 1.54) is 10.5 Å². The molecule has 3 amide bonds. The van der Waals surface area contributed by atoms with Crippen molar-refractivity contribution in [1.82, 2.24) is 15.1 Å². The molecule has 0 radical (unpaired) electrons. The van der Waals surface area contributed by atoms with Gasteiger partial charge in [0.1, 0.15) is 5.54 Å². The Bertz CT molecular complexity index is 1050. The third kappa shape index (κ3) is 4.80. The van der Waals surface area contributed by atoms with E-state index >= 15 is 0 Å². The number of nitrogens with zero attached hydrogens (tertiary/aromatic N) is 2. The van der Waals surface area contributed by atoms with Crippen molar-refractivity contribution in [1.29, 1.82) is 0 Å². The first-order valence-corrected chi connectivity index (χ1v) is 11.7. The summed E-state index contributed by atoms with van der Waals surface area (Å²) in [5, 5.41) is 3.00. The summed E-state index contributed by atoms with van der Waals surface area (Å²) in [5.41, 5.74) is 1.03. The second kappa shape index (κ2) is 10.3. The summed E-state index contributed by atoms with van der Waals surface area (Å²) >= 11 is 0. The summed E-state index contributed by atoms with van der Waals surface area (Å²) in [6, 6.07) is 15.4. The van der Waals surface area contributed by atoms with Crippen molar-refractivity contribution < 1.29 is 19.1 Å². The fourth-order valence-corrected chi connectivity index (χ4v) is 4.98. The van der Waals surface area contributed by atoms with Gasteiger partial charge in [-0.3, -0.25) is 14.6 Å². The Morgan fingerprint density at radius 3 is 2.44 bits per heavy atom. The van der Waals surface area contributed by atoms with Gasteiger partial charge >= 0.3 is 6.03 Å². The lowest BCUT2D eigenvalue weighted by Gasteiger charge is -2.38. The van der Waals surface area contributed by atoms with Gasteiger partial charge in [0.2, 0.25) is 0 Å². The van der Waals surface area contributed by atoms with Gasteiger partial charge in [0.05, 0.1) is 20.8 Å². The van der Waals surface area contributed by atoms with Crippen LogP contribution in [0.25, 0.3) is 6.08 Å². The third-order valence-corrected chi connectivity index (χ3v) is 6.99. The Morgan fingerprint density at radius 2 is 1.76 bits per heavy atom. The second-order valence-electron chi connectivity index (χ2n) is 9.06. The monoisotopic (exact) mass is 463 g/mol. The number of likely N-dealkylation sites (tertiary alicyclic amines) is 1. The molecule has 0 aliphatic carbocycles. The molecule has 1 atom stereocenters. The number of ether oxygens (including phenoxy) is 2. The first-order chi connectivity index (χ1) is 16.5. The summed E-state index contributed by atoms with van der Waals surface area (Å²) in [5.74, 6) is 1.03. The smallest absolute Gasteiger partial charge is 0.325 e. The maximum absolute atomic E-state index is 13.5. The molecule has 1 N–H and O–H groups in total. The lowest BCUT2D eigenvalue weighted by atomic mass is 9.79. The van der Waals surface area contributed by atoms with Gasteiger partial charge in [-0.05, 0) is 50.4 Å². The molecule has 0 aromatic heterocycles. The Kier molecular flexibility index (Phi) is 7.22. The summed E-state index contributed by atoms with van der Waals surface area (Å²) in [7, 11) is 3.12. The van der Waals surface area contributed by atoms with Crippen molar-refractivity contribution in [3.8, 4) is 11.5 Å². The number of imide groups is 1. The van der Waals surface area contributed by atoms with Crippen molar-refractivity contribution in [2.24, 2.45) is 5.92 Å². The predicted octanol–water partition coefficient (Wildman–Crippen LogP) is 3.94. The van der Waals surface area contributed by atoms with Crippen LogP contribution in [-0.4, -0.2) is 61.1 Å². The molecule has 2 aromatic carbocycles. The number of urea groups is 1. The number of carbonyl (C=O) groups excluding carboxylic acids is 2. The predicted molar refractivity (Wildman–Crippen MR) is 132 cm³/mol. The average molecular weight is 464 g/mol. The minimum atomic E-state index is -0.894. The number of piperidine rings is 1. The van der Waals surface area contributed by atoms with E-state index in [1.807, 2.05) is 37.3 Å². The topological polar surface area (TPSA) is 71.1 Å². The van der Waals surface area contributed by atoms with E-state index in [-0.39, 0.29) is 24.4 Å². The normalized spacial score (nSPS) is 21.8. The van der Waals surface area contributed by atoms with Crippen molar-refractivity contribution in [3.05, 3.63) is 65.7 Å². The third-order valence-electron chi connectivity index (χ3n) is 6.99. The van der Waals surface area contributed by atoms with E-state index in [0.717, 1.165) is 38.0 Å². The molecule has 0 bridgehead atoms. The van der Waals surface area contributed by atoms with E-state index in [1.54, 1.807) is 20.3 Å². The Balaban J connectivity index is 1.38. The van der Waals surface area contributed by atoms with Crippen LogP contribution in [0.15, 0.2) is 54.6 Å². The van der Waals surface area contributed by atoms with Gasteiger partial charge in [0, 0.05) is 12.1 Å². The van der Waals surface area contributed by atoms with Gasteiger partial charge in [0.15, 0.2) is 11.5 Å². The zero-order valence-corrected chi connectivity index (χ0v) is 20.1. The van der Waals surface area contributed by atoms with Gasteiger partial charge in [-0.2, -0.15) is 0 Å². The number of hydrogen-bond donors (Lipinski definition) is 1. The van der Waals surface area contributed by atoms with Crippen LogP contribution in [-0.2, 0) is 11.3 Å². The maximum Gasteiger partial charge on any atom is 0.325 e. The van der Waals surface area contributed by atoms with Gasteiger partial charge < -0.3 is 14.8 Å². The molecular formula is C27H33N3O4. The van der Waals surface area contributed by atoms with Crippen LogP contribution in [0.4, 0.5) is 4.79 Å². The molecule has 0 saturated carbocycles. The number of nitrogens with one attached hydrogen (secondary N) is 1. The van der Waals surface area contributed by atoms with Crippen LogP contribution in [0.1, 0.15) is 30.9 Å². The largest absolute Gasteiger partial charge is 0.493 e. The number of para-hydroxylation sites is 1. The molecule has 180 valence electrons. The molecule has 4 rings (SSSR count). The number of carbonyl (C=O) groups is 2. The van der Waals surface area contributed by atoms with E-state index in [4.69, 9.17) is 9.47 Å². The molecular weight excluding hydrogens is 430 g/mol. The summed E-state index contributed by atoms with van der Waals surface area (Å²) in [6.07, 6.45) is 6.04. The highest BCUT2D eigenvalue weighted by atomic mass is 16.5. The first kappa shape index (κ1) is 23.8. The molecule has 1 unspecified atom stereocenters. The van der Waals surface area contributed by atoms with E-state index in [9.17, 15) is 9.59 Å². The lowest BCUT2D eigenvalue weighted by molar-refractivity contribution is -0.133. The molecule has 2 saturated heterocycles. The van der Waals surface area contributed by atoms with Crippen LogP contribution in [0.3, 0.4) is 0 Å². The van der Waals surface area contributed by atoms with E-state index < -0.39 is 5.54 Å². The van der Waals surface area contributed by atoms with Crippen LogP contribution >= 0.6 is 0 Å². The van der Waals surface area contributed by atoms with Gasteiger partial charge in [-0.1, -0.05) is 54.6 Å². The molecule has 2 aliphatic heterocycles. The number of methoxy groups -OCH3 is 2. The Morgan fingerprint density at radius 1 is 1.03 bits per heavy atom. The van der Waals surface area contributed by atoms with Crippen LogP contribution in [0, 0.1) is 5.92 Å². The molecule has 2 aromatic rings. The zero-order valence-electron chi connectivity index (χ0n) is 20.1. The fourth-order valence-electron chi connectivity index (χ4n) is 4.98. The average Bonchev–Trinajstić information content (AvgIpc) is 3.08. The molecule has 2 heterocycles. The van der Waals surface area contributed by atoms with E-state index in [0.29, 0.717) is 11.5 Å². The van der Waals surface area contributed by atoms with Crippen LogP contribution in [0.5, 0.6) is 11.5 Å². The molecule has 2 aliphatic rings. The van der Waals surface area contributed by atoms with E-state index in [2.05, 4.69) is 34.5 Å².